The molecule has 1 aliphatic heterocycles. The lowest BCUT2D eigenvalue weighted by molar-refractivity contribution is -0.291. The number of hydrogen-bond donors (Lipinski definition) is 1. The highest BCUT2D eigenvalue weighted by Crippen LogP contribution is 2.28. The largest absolute Gasteiger partial charge is 0.392 e. The van der Waals surface area contributed by atoms with E-state index in [0.717, 1.165) is 19.4 Å². The van der Waals surface area contributed by atoms with Crippen molar-refractivity contribution in [2.45, 2.75) is 45.5 Å². The third-order valence-corrected chi connectivity index (χ3v) is 2.65. The van der Waals surface area contributed by atoms with Gasteiger partial charge in [-0.2, -0.15) is 0 Å². The molecule has 3 heteroatoms. The summed E-state index contributed by atoms with van der Waals surface area (Å²) in [4.78, 5) is 0. The Morgan fingerprint density at radius 2 is 2.13 bits per heavy atom. The monoisotopic (exact) mass is 214 g/mol. The Morgan fingerprint density at radius 3 is 2.80 bits per heavy atom. The maximum atomic E-state index is 8.60. The topological polar surface area (TPSA) is 38.7 Å². The summed E-state index contributed by atoms with van der Waals surface area (Å²) in [5, 5.41) is 8.60. The second-order valence-electron chi connectivity index (χ2n) is 4.58. The predicted octanol–water partition coefficient (Wildman–Crippen LogP) is 2.10. The van der Waals surface area contributed by atoms with Gasteiger partial charge in [-0.05, 0) is 26.7 Å². The number of aliphatic hydroxyl groups is 1. The molecule has 0 amide bonds. The Hall–Kier alpha value is -0.380. The number of hydrogen-bond acceptors (Lipinski definition) is 3. The lowest BCUT2D eigenvalue weighted by Crippen LogP contribution is -2.44. The molecule has 3 nitrogen and oxygen atoms in total. The molecule has 0 saturated carbocycles. The molecule has 15 heavy (non-hydrogen) atoms. The second kappa shape index (κ2) is 5.64. The van der Waals surface area contributed by atoms with Gasteiger partial charge in [0.2, 0.25) is 0 Å². The van der Waals surface area contributed by atoms with Gasteiger partial charge < -0.3 is 14.6 Å². The van der Waals surface area contributed by atoms with E-state index < -0.39 is 5.79 Å². The minimum atomic E-state index is -0.447. The fraction of sp³-hybridized carbons (Fsp3) is 0.833. The first-order valence-electron chi connectivity index (χ1n) is 5.63. The fourth-order valence-electron chi connectivity index (χ4n) is 1.75. The van der Waals surface area contributed by atoms with Gasteiger partial charge >= 0.3 is 0 Å². The van der Waals surface area contributed by atoms with Crippen LogP contribution in [0.2, 0.25) is 0 Å². The van der Waals surface area contributed by atoms with E-state index in [9.17, 15) is 0 Å². The van der Waals surface area contributed by atoms with Crippen LogP contribution in [0, 0.1) is 5.92 Å². The first kappa shape index (κ1) is 12.7. The van der Waals surface area contributed by atoms with Crippen LogP contribution in [0.1, 0.15) is 33.6 Å². The molecular weight excluding hydrogens is 192 g/mol. The van der Waals surface area contributed by atoms with Gasteiger partial charge in [0, 0.05) is 5.92 Å². The average Bonchev–Trinajstić information content (AvgIpc) is 2.18. The summed E-state index contributed by atoms with van der Waals surface area (Å²) in [6.45, 7) is 6.94. The van der Waals surface area contributed by atoms with E-state index in [1.165, 1.54) is 0 Å². The van der Waals surface area contributed by atoms with E-state index in [0.29, 0.717) is 5.92 Å². The lowest BCUT2D eigenvalue weighted by Gasteiger charge is -2.39. The van der Waals surface area contributed by atoms with Crippen LogP contribution in [0.5, 0.6) is 0 Å². The van der Waals surface area contributed by atoms with Gasteiger partial charge in [0.1, 0.15) is 0 Å². The van der Waals surface area contributed by atoms with Crippen molar-refractivity contribution < 1.29 is 14.6 Å². The van der Waals surface area contributed by atoms with E-state index in [2.05, 4.69) is 6.92 Å². The molecule has 0 bridgehead atoms. The smallest absolute Gasteiger partial charge is 0.163 e. The Kier molecular flexibility index (Phi) is 4.77. The molecule has 88 valence electrons. The van der Waals surface area contributed by atoms with Crippen molar-refractivity contribution in [3.8, 4) is 0 Å². The molecule has 0 unspecified atom stereocenters. The Balaban J connectivity index is 2.35. The van der Waals surface area contributed by atoms with Gasteiger partial charge in [-0.25, -0.2) is 0 Å². The molecule has 0 aliphatic carbocycles. The Morgan fingerprint density at radius 1 is 1.40 bits per heavy atom. The SMILES string of the molecule is C[C@H]1COC(C)(C)O[C@@H]1CC/C=C/CO. The molecule has 1 heterocycles. The zero-order chi connectivity index (χ0) is 11.3. The van der Waals surface area contributed by atoms with Gasteiger partial charge in [0.25, 0.3) is 0 Å². The maximum Gasteiger partial charge on any atom is 0.163 e. The molecule has 0 radical (unpaired) electrons. The number of ether oxygens (including phenoxy) is 2. The highest BCUT2D eigenvalue weighted by Gasteiger charge is 2.33. The molecular formula is C12H22O3. The van der Waals surface area contributed by atoms with E-state index in [4.69, 9.17) is 14.6 Å². The van der Waals surface area contributed by atoms with Gasteiger partial charge in [-0.1, -0.05) is 19.1 Å². The van der Waals surface area contributed by atoms with Crippen molar-refractivity contribution >= 4 is 0 Å². The third kappa shape index (κ3) is 4.33. The van der Waals surface area contributed by atoms with Crippen LogP contribution in [-0.4, -0.2) is 30.2 Å². The molecule has 1 aliphatic rings. The van der Waals surface area contributed by atoms with Crippen LogP contribution in [0.3, 0.4) is 0 Å². The number of rotatable bonds is 4. The molecule has 0 spiro atoms. The highest BCUT2D eigenvalue weighted by molar-refractivity contribution is 4.84. The molecule has 1 rings (SSSR count). The summed E-state index contributed by atoms with van der Waals surface area (Å²) in [5.74, 6) is -0.00160. The quantitative estimate of drug-likeness (QED) is 0.728. The minimum Gasteiger partial charge on any atom is -0.392 e. The summed E-state index contributed by atoms with van der Waals surface area (Å²) in [7, 11) is 0. The predicted molar refractivity (Wildman–Crippen MR) is 59.5 cm³/mol. The summed E-state index contributed by atoms with van der Waals surface area (Å²) < 4.78 is 11.4. The van der Waals surface area contributed by atoms with Crippen molar-refractivity contribution in [2.75, 3.05) is 13.2 Å². The summed E-state index contributed by atoms with van der Waals surface area (Å²) >= 11 is 0. The lowest BCUT2D eigenvalue weighted by atomic mass is 9.99. The highest BCUT2D eigenvalue weighted by atomic mass is 16.7. The van der Waals surface area contributed by atoms with Crippen molar-refractivity contribution in [3.05, 3.63) is 12.2 Å². The summed E-state index contributed by atoms with van der Waals surface area (Å²) in [6.07, 6.45) is 5.97. The van der Waals surface area contributed by atoms with Crippen LogP contribution in [0.4, 0.5) is 0 Å². The average molecular weight is 214 g/mol. The van der Waals surface area contributed by atoms with Crippen LogP contribution in [0.15, 0.2) is 12.2 Å². The van der Waals surface area contributed by atoms with Crippen molar-refractivity contribution in [1.82, 2.24) is 0 Å². The molecule has 0 aromatic rings. The molecule has 1 saturated heterocycles. The first-order valence-corrected chi connectivity index (χ1v) is 5.63. The van der Waals surface area contributed by atoms with Crippen LogP contribution < -0.4 is 0 Å². The normalized spacial score (nSPS) is 30.9. The Bertz CT molecular complexity index is 211. The third-order valence-electron chi connectivity index (χ3n) is 2.65. The first-order chi connectivity index (χ1) is 7.05. The number of allylic oxidation sites excluding steroid dienone is 1. The van der Waals surface area contributed by atoms with Gasteiger partial charge in [-0.3, -0.25) is 0 Å². The Labute approximate surface area is 92.1 Å². The number of aliphatic hydroxyl groups excluding tert-OH is 1. The van der Waals surface area contributed by atoms with Crippen molar-refractivity contribution in [3.63, 3.8) is 0 Å². The molecule has 0 aromatic heterocycles. The zero-order valence-electron chi connectivity index (χ0n) is 9.90. The van der Waals surface area contributed by atoms with Gasteiger partial charge in [0.15, 0.2) is 5.79 Å². The molecule has 0 aromatic carbocycles. The van der Waals surface area contributed by atoms with Crippen LogP contribution >= 0.6 is 0 Å². The maximum absolute atomic E-state index is 8.60. The molecule has 1 N–H and O–H groups in total. The van der Waals surface area contributed by atoms with Crippen molar-refractivity contribution in [2.24, 2.45) is 5.92 Å². The van der Waals surface area contributed by atoms with Gasteiger partial charge in [-0.15, -0.1) is 0 Å². The van der Waals surface area contributed by atoms with Gasteiger partial charge in [0.05, 0.1) is 19.3 Å². The standard InChI is InChI=1S/C12H22O3/c1-10-9-14-12(2,3)15-11(10)7-5-4-6-8-13/h4,6,10-11,13H,5,7-9H2,1-3H3/b6-4+/t10-,11+/m0/s1. The van der Waals surface area contributed by atoms with Crippen molar-refractivity contribution in [1.29, 1.82) is 0 Å². The summed E-state index contributed by atoms with van der Waals surface area (Å²) in [5.41, 5.74) is 0. The minimum absolute atomic E-state index is 0.121. The van der Waals surface area contributed by atoms with E-state index in [-0.39, 0.29) is 12.7 Å². The molecule has 2 atom stereocenters. The molecule has 1 fully saturated rings. The zero-order valence-corrected chi connectivity index (χ0v) is 9.90. The summed E-state index contributed by atoms with van der Waals surface area (Å²) in [6, 6.07) is 0. The van der Waals surface area contributed by atoms with E-state index >= 15 is 0 Å². The van der Waals surface area contributed by atoms with E-state index in [1.54, 1.807) is 6.08 Å². The second-order valence-corrected chi connectivity index (χ2v) is 4.58. The fourth-order valence-corrected chi connectivity index (χ4v) is 1.75. The van der Waals surface area contributed by atoms with Crippen LogP contribution in [0.25, 0.3) is 0 Å². The van der Waals surface area contributed by atoms with Crippen LogP contribution in [-0.2, 0) is 9.47 Å². The van der Waals surface area contributed by atoms with E-state index in [1.807, 2.05) is 19.9 Å².